The van der Waals surface area contributed by atoms with E-state index in [1.165, 1.54) is 0 Å². The zero-order valence-corrected chi connectivity index (χ0v) is 15.0. The number of amides is 1. The number of benzene rings is 1. The molecule has 0 spiro atoms. The van der Waals surface area contributed by atoms with Gasteiger partial charge in [0.05, 0.1) is 18.8 Å². The van der Waals surface area contributed by atoms with E-state index in [1.54, 1.807) is 0 Å². The first-order chi connectivity index (χ1) is 11.4. The summed E-state index contributed by atoms with van der Waals surface area (Å²) >= 11 is 0. The maximum Gasteiger partial charge on any atom is 0.234 e. The van der Waals surface area contributed by atoms with Crippen LogP contribution < -0.4 is 10.1 Å². The van der Waals surface area contributed by atoms with Crippen LogP contribution in [0.15, 0.2) is 24.3 Å². The van der Waals surface area contributed by atoms with Gasteiger partial charge in [-0.1, -0.05) is 19.1 Å². The maximum absolute atomic E-state index is 12.2. The van der Waals surface area contributed by atoms with Crippen molar-refractivity contribution in [3.8, 4) is 5.75 Å². The molecule has 1 aromatic carbocycles. The molecule has 1 aliphatic rings. The third-order valence-electron chi connectivity index (χ3n) is 4.39. The number of aliphatic hydroxyl groups is 1. The van der Waals surface area contributed by atoms with Gasteiger partial charge < -0.3 is 15.2 Å². The SMILES string of the molecule is CCCOc1cccc(CNC(=O)CN2CCCC2C(C)(C)O)c1. The molecule has 134 valence electrons. The van der Waals surface area contributed by atoms with Crippen molar-refractivity contribution in [1.29, 1.82) is 0 Å². The average molecular weight is 334 g/mol. The minimum Gasteiger partial charge on any atom is -0.494 e. The van der Waals surface area contributed by atoms with Crippen LogP contribution in [-0.2, 0) is 11.3 Å². The molecule has 1 unspecified atom stereocenters. The van der Waals surface area contributed by atoms with Crippen molar-refractivity contribution in [1.82, 2.24) is 10.2 Å². The minimum absolute atomic E-state index is 0.00831. The summed E-state index contributed by atoms with van der Waals surface area (Å²) in [5.74, 6) is 0.830. The number of carbonyl (C=O) groups excluding carboxylic acids is 1. The number of rotatable bonds is 8. The Morgan fingerprint density at radius 2 is 2.25 bits per heavy atom. The van der Waals surface area contributed by atoms with Crippen LogP contribution in [0.25, 0.3) is 0 Å². The lowest BCUT2D eigenvalue weighted by Gasteiger charge is -2.33. The number of nitrogens with one attached hydrogen (secondary N) is 1. The van der Waals surface area contributed by atoms with E-state index in [0.717, 1.165) is 37.1 Å². The zero-order chi connectivity index (χ0) is 17.6. The van der Waals surface area contributed by atoms with Crippen LogP contribution in [0.2, 0.25) is 0 Å². The molecule has 1 heterocycles. The fourth-order valence-corrected chi connectivity index (χ4v) is 3.22. The zero-order valence-electron chi connectivity index (χ0n) is 15.0. The molecule has 24 heavy (non-hydrogen) atoms. The predicted octanol–water partition coefficient (Wildman–Crippen LogP) is 2.33. The summed E-state index contributed by atoms with van der Waals surface area (Å²) in [6.07, 6.45) is 2.94. The number of carbonyl (C=O) groups is 1. The third kappa shape index (κ3) is 5.49. The van der Waals surface area contributed by atoms with E-state index in [-0.39, 0.29) is 11.9 Å². The molecule has 5 nitrogen and oxygen atoms in total. The molecule has 1 atom stereocenters. The van der Waals surface area contributed by atoms with Crippen LogP contribution in [0.1, 0.15) is 45.6 Å². The van der Waals surface area contributed by atoms with E-state index < -0.39 is 5.60 Å². The highest BCUT2D eigenvalue weighted by Crippen LogP contribution is 2.26. The lowest BCUT2D eigenvalue weighted by Crippen LogP contribution is -2.48. The maximum atomic E-state index is 12.2. The van der Waals surface area contributed by atoms with Gasteiger partial charge in [-0.15, -0.1) is 0 Å². The van der Waals surface area contributed by atoms with Crippen molar-refractivity contribution in [3.05, 3.63) is 29.8 Å². The highest BCUT2D eigenvalue weighted by Gasteiger charge is 2.36. The molecule has 2 N–H and O–H groups in total. The Morgan fingerprint density at radius 3 is 2.96 bits per heavy atom. The quantitative estimate of drug-likeness (QED) is 0.766. The lowest BCUT2D eigenvalue weighted by atomic mass is 9.97. The molecule has 1 aliphatic heterocycles. The van der Waals surface area contributed by atoms with Crippen LogP contribution in [-0.4, -0.2) is 47.3 Å². The molecule has 0 bridgehead atoms. The van der Waals surface area contributed by atoms with Crippen molar-refractivity contribution in [3.63, 3.8) is 0 Å². The molecule has 1 fully saturated rings. The Bertz CT molecular complexity index is 540. The summed E-state index contributed by atoms with van der Waals surface area (Å²) in [4.78, 5) is 14.3. The summed E-state index contributed by atoms with van der Waals surface area (Å²) in [6.45, 7) is 8.09. The summed E-state index contributed by atoms with van der Waals surface area (Å²) in [5.41, 5.74) is 0.249. The van der Waals surface area contributed by atoms with E-state index >= 15 is 0 Å². The normalized spacial score (nSPS) is 18.6. The lowest BCUT2D eigenvalue weighted by molar-refractivity contribution is -0.123. The highest BCUT2D eigenvalue weighted by atomic mass is 16.5. The van der Waals surface area contributed by atoms with E-state index in [0.29, 0.717) is 19.7 Å². The first-order valence-corrected chi connectivity index (χ1v) is 8.85. The second-order valence-electron chi connectivity index (χ2n) is 7.05. The number of likely N-dealkylation sites (tertiary alicyclic amines) is 1. The monoisotopic (exact) mass is 334 g/mol. The standard InChI is InChI=1S/C19H30N2O3/c1-4-11-24-16-8-5-7-15(12-16)13-20-18(22)14-21-10-6-9-17(21)19(2,3)23/h5,7-8,12,17,23H,4,6,9-11,13-14H2,1-3H3,(H,20,22). The van der Waals surface area contributed by atoms with Crippen molar-refractivity contribution in [2.24, 2.45) is 0 Å². The van der Waals surface area contributed by atoms with Gasteiger partial charge in [0.1, 0.15) is 5.75 Å². The van der Waals surface area contributed by atoms with Gasteiger partial charge in [-0.05, 0) is 57.4 Å². The molecule has 0 saturated carbocycles. The van der Waals surface area contributed by atoms with Crippen LogP contribution in [0, 0.1) is 0 Å². The van der Waals surface area contributed by atoms with Gasteiger partial charge >= 0.3 is 0 Å². The van der Waals surface area contributed by atoms with Crippen LogP contribution in [0.4, 0.5) is 0 Å². The third-order valence-corrected chi connectivity index (χ3v) is 4.39. The van der Waals surface area contributed by atoms with Crippen molar-refractivity contribution >= 4 is 5.91 Å². The second-order valence-corrected chi connectivity index (χ2v) is 7.05. The number of hydrogen-bond donors (Lipinski definition) is 2. The fourth-order valence-electron chi connectivity index (χ4n) is 3.22. The molecule has 5 heteroatoms. The van der Waals surface area contributed by atoms with E-state index in [2.05, 4.69) is 17.1 Å². The molecule has 0 aromatic heterocycles. The Hall–Kier alpha value is -1.59. The van der Waals surface area contributed by atoms with Crippen molar-refractivity contribution in [2.45, 2.75) is 58.2 Å². The average Bonchev–Trinajstić information content (AvgIpc) is 3.00. The molecule has 1 amide bonds. The fraction of sp³-hybridized carbons (Fsp3) is 0.632. The second kappa shape index (κ2) is 8.49. The van der Waals surface area contributed by atoms with Gasteiger partial charge in [-0.25, -0.2) is 0 Å². The summed E-state index contributed by atoms with van der Waals surface area (Å²) in [7, 11) is 0. The largest absolute Gasteiger partial charge is 0.494 e. The smallest absolute Gasteiger partial charge is 0.234 e. The van der Waals surface area contributed by atoms with E-state index in [1.807, 2.05) is 38.1 Å². The molecule has 0 radical (unpaired) electrons. The molecule has 2 rings (SSSR count). The summed E-state index contributed by atoms with van der Waals surface area (Å²) in [5, 5.41) is 13.2. The molecule has 0 aliphatic carbocycles. The molecular formula is C19H30N2O3. The first kappa shape index (κ1) is 18.7. The first-order valence-electron chi connectivity index (χ1n) is 8.85. The van der Waals surface area contributed by atoms with Gasteiger partial charge in [0.25, 0.3) is 0 Å². The summed E-state index contributed by atoms with van der Waals surface area (Å²) in [6, 6.07) is 7.87. The number of hydrogen-bond acceptors (Lipinski definition) is 4. The van der Waals surface area contributed by atoms with Gasteiger partial charge in [0.2, 0.25) is 5.91 Å². The predicted molar refractivity (Wildman–Crippen MR) is 95.0 cm³/mol. The van der Waals surface area contributed by atoms with Crippen LogP contribution >= 0.6 is 0 Å². The van der Waals surface area contributed by atoms with Gasteiger partial charge in [0.15, 0.2) is 0 Å². The molecule has 1 saturated heterocycles. The Kier molecular flexibility index (Phi) is 6.63. The summed E-state index contributed by atoms with van der Waals surface area (Å²) < 4.78 is 5.61. The highest BCUT2D eigenvalue weighted by molar-refractivity contribution is 5.78. The minimum atomic E-state index is -0.776. The molecule has 1 aromatic rings. The topological polar surface area (TPSA) is 61.8 Å². The van der Waals surface area contributed by atoms with E-state index in [4.69, 9.17) is 4.74 Å². The Labute approximate surface area is 145 Å². The van der Waals surface area contributed by atoms with Crippen LogP contribution in [0.3, 0.4) is 0 Å². The van der Waals surface area contributed by atoms with Crippen molar-refractivity contribution < 1.29 is 14.6 Å². The van der Waals surface area contributed by atoms with E-state index in [9.17, 15) is 9.90 Å². The van der Waals surface area contributed by atoms with Crippen LogP contribution in [0.5, 0.6) is 5.75 Å². The Morgan fingerprint density at radius 1 is 1.46 bits per heavy atom. The number of ether oxygens (including phenoxy) is 1. The van der Waals surface area contributed by atoms with Gasteiger partial charge in [0, 0.05) is 12.6 Å². The van der Waals surface area contributed by atoms with Gasteiger partial charge in [-0.2, -0.15) is 0 Å². The Balaban J connectivity index is 1.83. The number of nitrogens with zero attached hydrogens (tertiary/aromatic N) is 1. The van der Waals surface area contributed by atoms with Crippen molar-refractivity contribution in [2.75, 3.05) is 19.7 Å². The van der Waals surface area contributed by atoms with Gasteiger partial charge in [-0.3, -0.25) is 9.69 Å². The molecular weight excluding hydrogens is 304 g/mol.